The Hall–Kier alpha value is -3.59. The fourth-order valence-corrected chi connectivity index (χ4v) is 6.64. The van der Waals surface area contributed by atoms with Crippen LogP contribution in [0.4, 0.5) is 17.1 Å². The molecule has 0 radical (unpaired) electrons. The molecule has 0 aliphatic carbocycles. The number of aryl methyl sites for hydroxylation is 2. The molecule has 168 valence electrons. The maximum atomic E-state index is 13.9. The van der Waals surface area contributed by atoms with Gasteiger partial charge in [0.05, 0.1) is 22.4 Å². The molecule has 2 aromatic carbocycles. The first-order chi connectivity index (χ1) is 15.8. The molecule has 9 nitrogen and oxygen atoms in total. The number of benzene rings is 2. The summed E-state index contributed by atoms with van der Waals surface area (Å²) in [7, 11) is 0. The Morgan fingerprint density at radius 3 is 2.52 bits per heavy atom. The van der Waals surface area contributed by atoms with Crippen LogP contribution in [-0.2, 0) is 19.9 Å². The van der Waals surface area contributed by atoms with Crippen LogP contribution in [0.2, 0.25) is 0 Å². The van der Waals surface area contributed by atoms with Crippen LogP contribution in [0.25, 0.3) is 0 Å². The topological polar surface area (TPSA) is 113 Å². The summed E-state index contributed by atoms with van der Waals surface area (Å²) >= 11 is 0. The van der Waals surface area contributed by atoms with Gasteiger partial charge in [0, 0.05) is 29.4 Å². The van der Waals surface area contributed by atoms with Gasteiger partial charge >= 0.3 is 0 Å². The van der Waals surface area contributed by atoms with E-state index < -0.39 is 28.2 Å². The number of fused-ring (bicyclic) bond motifs is 7. The molecule has 0 saturated carbocycles. The van der Waals surface area contributed by atoms with E-state index in [1.807, 2.05) is 26.0 Å². The smallest absolute Gasteiger partial charge is 0.269 e. The number of carbonyl (C=O) groups excluding carboxylic acids is 3. The number of amides is 3. The van der Waals surface area contributed by atoms with E-state index in [9.17, 15) is 24.5 Å². The number of carbonyl (C=O) groups is 3. The Bertz CT molecular complexity index is 1270. The molecule has 0 bridgehead atoms. The Morgan fingerprint density at radius 2 is 1.82 bits per heavy atom. The van der Waals surface area contributed by atoms with Crippen molar-refractivity contribution in [2.24, 2.45) is 11.8 Å². The third-order valence-corrected chi connectivity index (χ3v) is 7.76. The van der Waals surface area contributed by atoms with Crippen molar-refractivity contribution in [3.8, 4) is 0 Å². The van der Waals surface area contributed by atoms with Gasteiger partial charge in [-0.1, -0.05) is 17.7 Å². The molecule has 0 unspecified atom stereocenters. The molecule has 1 spiro atoms. The van der Waals surface area contributed by atoms with Crippen molar-refractivity contribution in [1.29, 1.82) is 0 Å². The summed E-state index contributed by atoms with van der Waals surface area (Å²) in [6, 6.07) is 9.17. The number of anilines is 2. The number of nitro benzene ring substituents is 1. The van der Waals surface area contributed by atoms with E-state index in [0.717, 1.165) is 40.1 Å². The third-order valence-electron chi connectivity index (χ3n) is 7.76. The number of rotatable bonds is 2. The van der Waals surface area contributed by atoms with Crippen LogP contribution in [0.3, 0.4) is 0 Å². The van der Waals surface area contributed by atoms with Gasteiger partial charge in [-0.2, -0.15) is 0 Å². The Balaban J connectivity index is 1.53. The van der Waals surface area contributed by atoms with E-state index in [1.165, 1.54) is 24.3 Å². The molecule has 4 atom stereocenters. The van der Waals surface area contributed by atoms with Crippen LogP contribution in [0.1, 0.15) is 29.5 Å². The second-order valence-corrected chi connectivity index (χ2v) is 9.42. The fraction of sp³-hybridized carbons (Fsp3) is 0.375. The van der Waals surface area contributed by atoms with Crippen LogP contribution in [0.15, 0.2) is 36.4 Å². The van der Waals surface area contributed by atoms with Crippen molar-refractivity contribution in [2.75, 3.05) is 16.8 Å². The van der Waals surface area contributed by atoms with Gasteiger partial charge in [0.15, 0.2) is 0 Å². The fourth-order valence-electron chi connectivity index (χ4n) is 6.64. The summed E-state index contributed by atoms with van der Waals surface area (Å²) in [5.74, 6) is -2.48. The average Bonchev–Trinajstić information content (AvgIpc) is 3.47. The lowest BCUT2D eigenvalue weighted by atomic mass is 9.75. The van der Waals surface area contributed by atoms with Gasteiger partial charge in [-0.05, 0) is 50.9 Å². The highest BCUT2D eigenvalue weighted by atomic mass is 16.6. The number of hydrogen-bond acceptors (Lipinski definition) is 6. The molecule has 4 aliphatic heterocycles. The summed E-state index contributed by atoms with van der Waals surface area (Å²) in [6.45, 7) is 4.54. The lowest BCUT2D eigenvalue weighted by Gasteiger charge is -2.36. The monoisotopic (exact) mass is 446 g/mol. The van der Waals surface area contributed by atoms with E-state index in [-0.39, 0.29) is 23.5 Å². The molecule has 4 heterocycles. The standard InChI is InChI=1S/C24H22N4O5/c1-12-10-13(2)20-16(11-12)24(23(31)25-20)19-18(17-4-3-9-26(17)24)21(29)27(22(19)30)14-5-7-15(8-6-14)28(32)33/h5-8,10-11,17-19H,3-4,9H2,1-2H3,(H,25,31)/t17-,18-,19-,24+/m0/s1. The summed E-state index contributed by atoms with van der Waals surface area (Å²) in [4.78, 5) is 55.0. The van der Waals surface area contributed by atoms with E-state index in [2.05, 4.69) is 10.2 Å². The van der Waals surface area contributed by atoms with Crippen molar-refractivity contribution in [3.05, 3.63) is 63.2 Å². The predicted molar refractivity (Wildman–Crippen MR) is 119 cm³/mol. The van der Waals surface area contributed by atoms with Gasteiger partial charge in [0.2, 0.25) is 17.7 Å². The molecule has 33 heavy (non-hydrogen) atoms. The summed E-state index contributed by atoms with van der Waals surface area (Å²) < 4.78 is 0. The normalized spacial score (nSPS) is 30.1. The molecule has 2 aromatic rings. The van der Waals surface area contributed by atoms with Gasteiger partial charge in [-0.25, -0.2) is 4.90 Å². The molecule has 9 heteroatoms. The van der Waals surface area contributed by atoms with Crippen molar-refractivity contribution in [3.63, 3.8) is 0 Å². The average molecular weight is 446 g/mol. The van der Waals surface area contributed by atoms with Crippen LogP contribution in [0.5, 0.6) is 0 Å². The minimum absolute atomic E-state index is 0.119. The lowest BCUT2D eigenvalue weighted by molar-refractivity contribution is -0.384. The van der Waals surface area contributed by atoms with Gasteiger partial charge in [-0.3, -0.25) is 29.4 Å². The molecular weight excluding hydrogens is 424 g/mol. The Morgan fingerprint density at radius 1 is 1.09 bits per heavy atom. The largest absolute Gasteiger partial charge is 0.324 e. The highest BCUT2D eigenvalue weighted by molar-refractivity contribution is 6.26. The van der Waals surface area contributed by atoms with Crippen LogP contribution < -0.4 is 10.2 Å². The van der Waals surface area contributed by atoms with Crippen LogP contribution in [-0.4, -0.2) is 40.1 Å². The van der Waals surface area contributed by atoms with E-state index in [1.54, 1.807) is 0 Å². The van der Waals surface area contributed by atoms with Gasteiger partial charge in [-0.15, -0.1) is 0 Å². The molecule has 4 aliphatic rings. The van der Waals surface area contributed by atoms with Crippen molar-refractivity contribution in [1.82, 2.24) is 4.90 Å². The van der Waals surface area contributed by atoms with E-state index in [0.29, 0.717) is 12.2 Å². The summed E-state index contributed by atoms with van der Waals surface area (Å²) in [5.41, 5.74) is 2.38. The van der Waals surface area contributed by atoms with Crippen LogP contribution in [0, 0.1) is 35.8 Å². The number of nitrogens with zero attached hydrogens (tertiary/aromatic N) is 3. The van der Waals surface area contributed by atoms with Crippen molar-refractivity contribution < 1.29 is 19.3 Å². The molecule has 3 saturated heterocycles. The number of imide groups is 1. The summed E-state index contributed by atoms with van der Waals surface area (Å²) in [6.07, 6.45) is 1.59. The second-order valence-electron chi connectivity index (χ2n) is 9.42. The second kappa shape index (κ2) is 6.48. The Kier molecular flexibility index (Phi) is 3.93. The number of non-ortho nitro benzene ring substituents is 1. The molecular formula is C24H22N4O5. The molecule has 3 fully saturated rings. The first kappa shape index (κ1) is 20.0. The zero-order chi connectivity index (χ0) is 23.2. The molecule has 1 N–H and O–H groups in total. The van der Waals surface area contributed by atoms with Gasteiger partial charge in [0.1, 0.15) is 5.54 Å². The molecule has 3 amide bonds. The SMILES string of the molecule is Cc1cc(C)c2c(c1)[C@]1(C(=O)N2)[C@@H]2C(=O)N(c3ccc([N+](=O)[O-])cc3)C(=O)[C@H]2[C@@H]2CCCN21. The third kappa shape index (κ3) is 2.32. The van der Waals surface area contributed by atoms with Crippen molar-refractivity contribution >= 4 is 34.8 Å². The van der Waals surface area contributed by atoms with Gasteiger partial charge in [0.25, 0.3) is 5.69 Å². The summed E-state index contributed by atoms with van der Waals surface area (Å²) in [5, 5.41) is 14.1. The van der Waals surface area contributed by atoms with E-state index >= 15 is 0 Å². The minimum atomic E-state index is -1.22. The zero-order valence-electron chi connectivity index (χ0n) is 18.2. The maximum absolute atomic E-state index is 13.9. The minimum Gasteiger partial charge on any atom is -0.324 e. The van der Waals surface area contributed by atoms with Crippen LogP contribution >= 0.6 is 0 Å². The number of nitro groups is 1. The van der Waals surface area contributed by atoms with E-state index in [4.69, 9.17) is 0 Å². The first-order valence-electron chi connectivity index (χ1n) is 11.1. The lowest BCUT2D eigenvalue weighted by Crippen LogP contribution is -2.54. The number of nitrogens with one attached hydrogen (secondary N) is 1. The quantitative estimate of drug-likeness (QED) is 0.431. The highest BCUT2D eigenvalue weighted by Crippen LogP contribution is 2.61. The Labute approximate surface area is 189 Å². The zero-order valence-corrected chi connectivity index (χ0v) is 18.2. The van der Waals surface area contributed by atoms with Crippen molar-refractivity contribution in [2.45, 2.75) is 38.3 Å². The number of hydrogen-bond donors (Lipinski definition) is 1. The molecule has 6 rings (SSSR count). The maximum Gasteiger partial charge on any atom is 0.269 e. The predicted octanol–water partition coefficient (Wildman–Crippen LogP) is 2.64. The molecule has 0 aromatic heterocycles. The first-order valence-corrected chi connectivity index (χ1v) is 11.1. The van der Waals surface area contributed by atoms with Gasteiger partial charge < -0.3 is 5.32 Å². The highest BCUT2D eigenvalue weighted by Gasteiger charge is 2.74.